The van der Waals surface area contributed by atoms with Gasteiger partial charge in [0, 0.05) is 30.2 Å². The Kier molecular flexibility index (Phi) is 5.49. The second kappa shape index (κ2) is 8.16. The summed E-state index contributed by atoms with van der Waals surface area (Å²) in [6.07, 6.45) is 4.04. The van der Waals surface area contributed by atoms with Gasteiger partial charge in [0.05, 0.1) is 12.7 Å². The van der Waals surface area contributed by atoms with E-state index in [1.54, 1.807) is 19.5 Å². The summed E-state index contributed by atoms with van der Waals surface area (Å²) in [7, 11) is 1.64. The highest BCUT2D eigenvalue weighted by atomic mass is 16.5. The van der Waals surface area contributed by atoms with Crippen molar-refractivity contribution in [2.75, 3.05) is 19.4 Å². The third kappa shape index (κ3) is 4.39. The van der Waals surface area contributed by atoms with Gasteiger partial charge in [-0.05, 0) is 47.9 Å². The first-order chi connectivity index (χ1) is 12.7. The predicted molar refractivity (Wildman–Crippen MR) is 103 cm³/mol. The van der Waals surface area contributed by atoms with E-state index in [-0.39, 0.29) is 5.91 Å². The number of carbonyl (C=O) groups is 1. The van der Waals surface area contributed by atoms with E-state index in [4.69, 9.17) is 10.5 Å². The first-order valence-corrected chi connectivity index (χ1v) is 8.38. The van der Waals surface area contributed by atoms with E-state index in [1.165, 1.54) is 0 Å². The number of rotatable bonds is 6. The molecule has 2 aromatic carbocycles. The van der Waals surface area contributed by atoms with Crippen LogP contribution in [0.4, 0.5) is 5.69 Å². The molecule has 3 rings (SSSR count). The van der Waals surface area contributed by atoms with Gasteiger partial charge >= 0.3 is 0 Å². The lowest BCUT2D eigenvalue weighted by Gasteiger charge is -2.08. The van der Waals surface area contributed by atoms with Crippen LogP contribution >= 0.6 is 0 Å². The van der Waals surface area contributed by atoms with Gasteiger partial charge < -0.3 is 15.8 Å². The summed E-state index contributed by atoms with van der Waals surface area (Å²) in [4.78, 5) is 16.6. The van der Waals surface area contributed by atoms with Crippen LogP contribution in [0.25, 0.3) is 11.1 Å². The zero-order valence-corrected chi connectivity index (χ0v) is 14.6. The van der Waals surface area contributed by atoms with E-state index in [9.17, 15) is 4.79 Å². The normalized spacial score (nSPS) is 10.3. The summed E-state index contributed by atoms with van der Waals surface area (Å²) in [6.45, 7) is 0.549. The highest BCUT2D eigenvalue weighted by molar-refractivity contribution is 5.95. The van der Waals surface area contributed by atoms with Gasteiger partial charge in [0.2, 0.25) is 0 Å². The van der Waals surface area contributed by atoms with Gasteiger partial charge in [-0.15, -0.1) is 0 Å². The van der Waals surface area contributed by atoms with Crippen LogP contribution in [-0.4, -0.2) is 24.5 Å². The molecule has 5 heteroatoms. The lowest BCUT2D eigenvalue weighted by molar-refractivity contribution is 0.0954. The van der Waals surface area contributed by atoms with Crippen molar-refractivity contribution in [3.63, 3.8) is 0 Å². The highest BCUT2D eigenvalue weighted by Gasteiger charge is 2.08. The zero-order valence-electron chi connectivity index (χ0n) is 14.6. The molecule has 0 aliphatic carbocycles. The molecule has 5 nitrogen and oxygen atoms in total. The molecule has 0 saturated heterocycles. The molecule has 0 atom stereocenters. The van der Waals surface area contributed by atoms with Gasteiger partial charge in [-0.1, -0.05) is 24.3 Å². The summed E-state index contributed by atoms with van der Waals surface area (Å²) in [5.41, 5.74) is 9.96. The molecular weight excluding hydrogens is 326 g/mol. The zero-order chi connectivity index (χ0) is 18.4. The number of aromatic nitrogens is 1. The number of ether oxygens (including phenoxy) is 1. The Morgan fingerprint density at radius 2 is 1.88 bits per heavy atom. The molecule has 0 unspecified atom stereocenters. The Bertz CT molecular complexity index is 892. The Morgan fingerprint density at radius 3 is 2.62 bits per heavy atom. The Morgan fingerprint density at radius 1 is 1.08 bits per heavy atom. The summed E-state index contributed by atoms with van der Waals surface area (Å²) in [6, 6.07) is 17.1. The molecule has 0 spiro atoms. The van der Waals surface area contributed by atoms with Crippen LogP contribution in [0.3, 0.4) is 0 Å². The van der Waals surface area contributed by atoms with Crippen LogP contribution in [0.2, 0.25) is 0 Å². The van der Waals surface area contributed by atoms with Gasteiger partial charge in [0.1, 0.15) is 5.75 Å². The maximum atomic E-state index is 12.4. The van der Waals surface area contributed by atoms with E-state index in [0.717, 1.165) is 28.9 Å². The van der Waals surface area contributed by atoms with Crippen LogP contribution in [0, 0.1) is 0 Å². The van der Waals surface area contributed by atoms with Gasteiger partial charge in [0.15, 0.2) is 0 Å². The average molecular weight is 347 g/mol. The Hall–Kier alpha value is -3.34. The van der Waals surface area contributed by atoms with E-state index in [1.807, 2.05) is 54.6 Å². The number of nitrogen functional groups attached to an aromatic ring is 1. The van der Waals surface area contributed by atoms with Gasteiger partial charge in [-0.2, -0.15) is 0 Å². The van der Waals surface area contributed by atoms with Crippen molar-refractivity contribution >= 4 is 11.6 Å². The number of methoxy groups -OCH3 is 1. The molecule has 26 heavy (non-hydrogen) atoms. The molecule has 0 fully saturated rings. The Labute approximate surface area is 152 Å². The maximum Gasteiger partial charge on any atom is 0.252 e. The minimum atomic E-state index is -0.142. The molecule has 0 saturated carbocycles. The molecule has 0 bridgehead atoms. The van der Waals surface area contributed by atoms with E-state index in [0.29, 0.717) is 17.8 Å². The number of hydrogen-bond donors (Lipinski definition) is 2. The number of benzene rings is 2. The molecule has 132 valence electrons. The van der Waals surface area contributed by atoms with Crippen molar-refractivity contribution in [1.82, 2.24) is 10.3 Å². The predicted octanol–water partition coefficient (Wildman–Crippen LogP) is 3.31. The molecule has 1 aromatic heterocycles. The van der Waals surface area contributed by atoms with E-state index < -0.39 is 0 Å². The van der Waals surface area contributed by atoms with Gasteiger partial charge in [-0.25, -0.2) is 0 Å². The number of carbonyl (C=O) groups excluding carboxylic acids is 1. The topological polar surface area (TPSA) is 77.2 Å². The molecular formula is C21H21N3O2. The van der Waals surface area contributed by atoms with Crippen molar-refractivity contribution < 1.29 is 9.53 Å². The SMILES string of the molecule is COc1ccc(CCNC(=O)c2cncc(-c3cccc(N)c3)c2)cc1. The fraction of sp³-hybridized carbons (Fsp3) is 0.143. The summed E-state index contributed by atoms with van der Waals surface area (Å²) < 4.78 is 5.14. The summed E-state index contributed by atoms with van der Waals surface area (Å²) >= 11 is 0. The number of nitrogens with zero attached hydrogens (tertiary/aromatic N) is 1. The largest absolute Gasteiger partial charge is 0.497 e. The summed E-state index contributed by atoms with van der Waals surface area (Å²) in [5, 5.41) is 2.93. The number of anilines is 1. The molecule has 0 aliphatic rings. The van der Waals surface area contributed by atoms with Crippen LogP contribution in [0.5, 0.6) is 5.75 Å². The first kappa shape index (κ1) is 17.5. The molecule has 1 heterocycles. The smallest absolute Gasteiger partial charge is 0.252 e. The number of pyridine rings is 1. The second-order valence-corrected chi connectivity index (χ2v) is 5.94. The van der Waals surface area contributed by atoms with Crippen molar-refractivity contribution in [2.24, 2.45) is 0 Å². The fourth-order valence-electron chi connectivity index (χ4n) is 2.65. The standard InChI is InChI=1S/C21H21N3O2/c1-26-20-7-5-15(6-8-20)9-10-24-21(25)18-11-17(13-23-14-18)16-3-2-4-19(22)12-16/h2-8,11-14H,9-10,22H2,1H3,(H,24,25). The van der Waals surface area contributed by atoms with Crippen LogP contribution in [-0.2, 0) is 6.42 Å². The monoisotopic (exact) mass is 347 g/mol. The second-order valence-electron chi connectivity index (χ2n) is 5.94. The fourth-order valence-corrected chi connectivity index (χ4v) is 2.65. The van der Waals surface area contributed by atoms with Crippen LogP contribution in [0.1, 0.15) is 15.9 Å². The quantitative estimate of drug-likeness (QED) is 0.671. The van der Waals surface area contributed by atoms with Crippen LogP contribution in [0.15, 0.2) is 67.0 Å². The lowest BCUT2D eigenvalue weighted by atomic mass is 10.1. The third-order valence-corrected chi connectivity index (χ3v) is 4.08. The van der Waals surface area contributed by atoms with E-state index >= 15 is 0 Å². The third-order valence-electron chi connectivity index (χ3n) is 4.08. The lowest BCUT2D eigenvalue weighted by Crippen LogP contribution is -2.25. The van der Waals surface area contributed by atoms with Gasteiger partial charge in [0.25, 0.3) is 5.91 Å². The van der Waals surface area contributed by atoms with Crippen molar-refractivity contribution in [3.05, 3.63) is 78.1 Å². The van der Waals surface area contributed by atoms with Crippen LogP contribution < -0.4 is 15.8 Å². The number of nitrogens with two attached hydrogens (primary N) is 1. The molecule has 0 radical (unpaired) electrons. The minimum absolute atomic E-state index is 0.142. The Balaban J connectivity index is 1.61. The van der Waals surface area contributed by atoms with Crippen molar-refractivity contribution in [1.29, 1.82) is 0 Å². The maximum absolute atomic E-state index is 12.4. The molecule has 3 aromatic rings. The van der Waals surface area contributed by atoms with Crippen molar-refractivity contribution in [2.45, 2.75) is 6.42 Å². The molecule has 1 amide bonds. The average Bonchev–Trinajstić information content (AvgIpc) is 2.68. The summed E-state index contributed by atoms with van der Waals surface area (Å²) in [5.74, 6) is 0.680. The first-order valence-electron chi connectivity index (χ1n) is 8.38. The number of hydrogen-bond acceptors (Lipinski definition) is 4. The molecule has 0 aliphatic heterocycles. The van der Waals surface area contributed by atoms with Gasteiger partial charge in [-0.3, -0.25) is 9.78 Å². The highest BCUT2D eigenvalue weighted by Crippen LogP contribution is 2.21. The number of amides is 1. The number of nitrogens with one attached hydrogen (secondary N) is 1. The van der Waals surface area contributed by atoms with E-state index in [2.05, 4.69) is 10.3 Å². The molecule has 3 N–H and O–H groups in total. The van der Waals surface area contributed by atoms with Crippen molar-refractivity contribution in [3.8, 4) is 16.9 Å². The minimum Gasteiger partial charge on any atom is -0.497 e.